The van der Waals surface area contributed by atoms with Crippen molar-refractivity contribution in [3.05, 3.63) is 30.3 Å². The van der Waals surface area contributed by atoms with Crippen LogP contribution < -0.4 is 10.2 Å². The molecule has 2 rings (SSSR count). The summed E-state index contributed by atoms with van der Waals surface area (Å²) in [7, 11) is 0. The van der Waals surface area contributed by atoms with Gasteiger partial charge in [-0.15, -0.1) is 5.06 Å². The predicted molar refractivity (Wildman–Crippen MR) is 70.5 cm³/mol. The number of hydroxylamine groups is 2. The molecule has 0 bridgehead atoms. The first-order chi connectivity index (χ1) is 9.54. The molecule has 1 saturated heterocycles. The number of hydrogen-bond acceptors (Lipinski definition) is 4. The molecule has 1 fully saturated rings. The van der Waals surface area contributed by atoms with Crippen molar-refractivity contribution < 1.29 is 19.2 Å². The number of carbonyl (C=O) groups excluding carboxylic acids is 3. The van der Waals surface area contributed by atoms with Crippen molar-refractivity contribution in [2.24, 2.45) is 0 Å². The molecule has 7 heteroatoms. The Morgan fingerprint density at radius 2 is 1.95 bits per heavy atom. The molecule has 20 heavy (non-hydrogen) atoms. The van der Waals surface area contributed by atoms with Gasteiger partial charge in [-0.25, -0.2) is 14.5 Å². The maximum Gasteiger partial charge on any atom is 0.368 e. The van der Waals surface area contributed by atoms with Gasteiger partial charge in [0.1, 0.15) is 6.17 Å². The molecule has 7 nitrogen and oxygen atoms in total. The monoisotopic (exact) mass is 277 g/mol. The van der Waals surface area contributed by atoms with E-state index >= 15 is 0 Å². The van der Waals surface area contributed by atoms with Crippen molar-refractivity contribution in [3.8, 4) is 0 Å². The van der Waals surface area contributed by atoms with Gasteiger partial charge in [-0.2, -0.15) is 0 Å². The summed E-state index contributed by atoms with van der Waals surface area (Å²) in [6.45, 7) is 2.97. The third kappa shape index (κ3) is 2.56. The Kier molecular flexibility index (Phi) is 3.88. The van der Waals surface area contributed by atoms with E-state index in [2.05, 4.69) is 5.32 Å². The van der Waals surface area contributed by atoms with Crippen LogP contribution >= 0.6 is 0 Å². The molecule has 0 spiro atoms. The highest BCUT2D eigenvalue weighted by Gasteiger charge is 2.40. The van der Waals surface area contributed by atoms with E-state index in [4.69, 9.17) is 4.84 Å². The van der Waals surface area contributed by atoms with Crippen molar-refractivity contribution in [3.63, 3.8) is 0 Å². The summed E-state index contributed by atoms with van der Waals surface area (Å²) in [5.74, 6) is -0.624. The van der Waals surface area contributed by atoms with Gasteiger partial charge in [0.25, 0.3) is 0 Å². The molecule has 1 N–H and O–H groups in total. The fraction of sp³-hybridized carbons (Fsp3) is 0.308. The van der Waals surface area contributed by atoms with E-state index in [-0.39, 0.29) is 0 Å². The first-order valence-electron chi connectivity index (χ1n) is 6.22. The van der Waals surface area contributed by atoms with Gasteiger partial charge in [-0.3, -0.25) is 4.79 Å². The van der Waals surface area contributed by atoms with Gasteiger partial charge in [-0.05, 0) is 18.6 Å². The molecule has 0 aliphatic carbocycles. The molecule has 1 aliphatic heterocycles. The molecule has 4 amide bonds. The second kappa shape index (κ2) is 5.60. The molecule has 1 aromatic rings. The van der Waals surface area contributed by atoms with Crippen LogP contribution in [0.3, 0.4) is 0 Å². The second-order valence-electron chi connectivity index (χ2n) is 4.24. The summed E-state index contributed by atoms with van der Waals surface area (Å²) in [5.41, 5.74) is 0.404. The number of imide groups is 1. The Hall–Kier alpha value is -2.57. The van der Waals surface area contributed by atoms with Gasteiger partial charge in [0.15, 0.2) is 0 Å². The summed E-state index contributed by atoms with van der Waals surface area (Å²) in [6, 6.07) is 7.19. The van der Waals surface area contributed by atoms with E-state index in [1.807, 2.05) is 0 Å². The third-order valence-corrected chi connectivity index (χ3v) is 2.78. The number of carbonyl (C=O) groups is 3. The Balaban J connectivity index is 2.32. The van der Waals surface area contributed by atoms with Gasteiger partial charge < -0.3 is 10.2 Å². The van der Waals surface area contributed by atoms with Crippen molar-refractivity contribution in [1.29, 1.82) is 0 Å². The molecule has 1 aliphatic rings. The van der Waals surface area contributed by atoms with Gasteiger partial charge in [0.2, 0.25) is 0 Å². The number of amides is 4. The van der Waals surface area contributed by atoms with Gasteiger partial charge >= 0.3 is 18.0 Å². The maximum atomic E-state index is 12.4. The van der Waals surface area contributed by atoms with Crippen LogP contribution in [0.5, 0.6) is 0 Å². The Morgan fingerprint density at radius 1 is 1.30 bits per heavy atom. The summed E-state index contributed by atoms with van der Waals surface area (Å²) < 4.78 is 0. The fourth-order valence-corrected chi connectivity index (χ4v) is 1.90. The lowest BCUT2D eigenvalue weighted by molar-refractivity contribution is -0.184. The van der Waals surface area contributed by atoms with Crippen molar-refractivity contribution in [2.45, 2.75) is 26.4 Å². The van der Waals surface area contributed by atoms with Crippen LogP contribution in [-0.4, -0.2) is 29.3 Å². The van der Waals surface area contributed by atoms with Gasteiger partial charge in [-0.1, -0.05) is 25.1 Å². The van der Waals surface area contributed by atoms with E-state index in [1.54, 1.807) is 37.3 Å². The quantitative estimate of drug-likeness (QED) is 0.914. The molecule has 106 valence electrons. The molecular weight excluding hydrogens is 262 g/mol. The minimum absolute atomic E-state index is 0.404. The highest BCUT2D eigenvalue weighted by atomic mass is 16.7. The first kappa shape index (κ1) is 13.9. The maximum absolute atomic E-state index is 12.4. The van der Waals surface area contributed by atoms with E-state index in [0.29, 0.717) is 12.1 Å². The van der Waals surface area contributed by atoms with Crippen LogP contribution in [0.15, 0.2) is 30.3 Å². The first-order valence-corrected chi connectivity index (χ1v) is 6.22. The number of para-hydroxylation sites is 1. The third-order valence-electron chi connectivity index (χ3n) is 2.78. The lowest BCUT2D eigenvalue weighted by Gasteiger charge is -2.38. The summed E-state index contributed by atoms with van der Waals surface area (Å²) in [6.07, 6.45) is -0.244. The highest BCUT2D eigenvalue weighted by Crippen LogP contribution is 2.21. The Morgan fingerprint density at radius 3 is 2.50 bits per heavy atom. The number of nitrogens with one attached hydrogen (secondary N) is 1. The molecule has 1 aromatic carbocycles. The smallest absolute Gasteiger partial charge is 0.335 e. The van der Waals surface area contributed by atoms with Crippen LogP contribution in [-0.2, 0) is 9.63 Å². The molecule has 1 unspecified atom stereocenters. The molecule has 0 radical (unpaired) electrons. The van der Waals surface area contributed by atoms with E-state index in [1.165, 1.54) is 6.92 Å². The number of rotatable bonds is 3. The summed E-state index contributed by atoms with van der Waals surface area (Å²) in [5, 5.41) is 3.50. The van der Waals surface area contributed by atoms with Crippen molar-refractivity contribution in [1.82, 2.24) is 10.4 Å². The highest BCUT2D eigenvalue weighted by molar-refractivity contribution is 6.15. The summed E-state index contributed by atoms with van der Waals surface area (Å²) >= 11 is 0. The van der Waals surface area contributed by atoms with Crippen LogP contribution in [0.2, 0.25) is 0 Å². The topological polar surface area (TPSA) is 79.0 Å². The zero-order valence-corrected chi connectivity index (χ0v) is 11.2. The number of urea groups is 2. The molecule has 0 saturated carbocycles. The van der Waals surface area contributed by atoms with Crippen molar-refractivity contribution >= 4 is 23.7 Å². The van der Waals surface area contributed by atoms with Crippen LogP contribution in [0.4, 0.5) is 15.3 Å². The Bertz CT molecular complexity index is 532. The fourth-order valence-electron chi connectivity index (χ4n) is 1.90. The minimum atomic E-state index is -0.693. The van der Waals surface area contributed by atoms with Crippen molar-refractivity contribution in [2.75, 3.05) is 4.90 Å². The second-order valence-corrected chi connectivity index (χ2v) is 4.24. The number of benzene rings is 1. The molecule has 1 heterocycles. The lowest BCUT2D eigenvalue weighted by Crippen LogP contribution is -2.65. The molecule has 1 atom stereocenters. The number of anilines is 1. The van der Waals surface area contributed by atoms with E-state index in [0.717, 1.165) is 9.96 Å². The average molecular weight is 277 g/mol. The van der Waals surface area contributed by atoms with E-state index in [9.17, 15) is 14.4 Å². The van der Waals surface area contributed by atoms with E-state index < -0.39 is 24.2 Å². The molecule has 0 aromatic heterocycles. The Labute approximate surface area is 116 Å². The predicted octanol–water partition coefficient (Wildman–Crippen LogP) is 1.85. The molecular formula is C13H15N3O4. The van der Waals surface area contributed by atoms with Crippen LogP contribution in [0.1, 0.15) is 20.3 Å². The largest absolute Gasteiger partial charge is 0.368 e. The zero-order valence-electron chi connectivity index (χ0n) is 11.2. The average Bonchev–Trinajstić information content (AvgIpc) is 2.42. The van der Waals surface area contributed by atoms with Gasteiger partial charge in [0.05, 0.1) is 5.69 Å². The van der Waals surface area contributed by atoms with Gasteiger partial charge in [0, 0.05) is 6.92 Å². The normalized spacial score (nSPS) is 18.8. The SMILES string of the molecule is CCC1NC(=O)N(c2ccccc2)C(=O)N1OC(C)=O. The minimum Gasteiger partial charge on any atom is -0.335 e. The number of hydrogen-bond donors (Lipinski definition) is 1. The summed E-state index contributed by atoms with van der Waals surface area (Å²) in [4.78, 5) is 41.3. The number of nitrogens with zero attached hydrogens (tertiary/aromatic N) is 2. The standard InChI is InChI=1S/C13H15N3O4/c1-3-11-14-12(18)15(10-7-5-4-6-8-10)13(19)16(11)20-9(2)17/h4-8,11H,3H2,1-2H3,(H,14,18). The lowest BCUT2D eigenvalue weighted by atomic mass is 10.2. The van der Waals surface area contributed by atoms with Crippen LogP contribution in [0.25, 0.3) is 0 Å². The zero-order chi connectivity index (χ0) is 14.7. The van der Waals surface area contributed by atoms with Crippen LogP contribution in [0, 0.1) is 0 Å².